The molecule has 0 aliphatic heterocycles. The van der Waals surface area contributed by atoms with Crippen LogP contribution in [-0.4, -0.2) is 11.4 Å². The van der Waals surface area contributed by atoms with E-state index in [2.05, 4.69) is 0 Å². The summed E-state index contributed by atoms with van der Waals surface area (Å²) in [6.45, 7) is 9.37. The summed E-state index contributed by atoms with van der Waals surface area (Å²) in [5.74, 6) is -1.53. The first-order valence-corrected chi connectivity index (χ1v) is 6.56. The zero-order valence-corrected chi connectivity index (χ0v) is 12.3. The third-order valence-electron chi connectivity index (χ3n) is 2.51. The van der Waals surface area contributed by atoms with Gasteiger partial charge in [0, 0.05) is 23.6 Å². The quantitative estimate of drug-likeness (QED) is 0.816. The first-order chi connectivity index (χ1) is 8.96. The van der Waals surface area contributed by atoms with E-state index in [1.807, 2.05) is 27.7 Å². The van der Waals surface area contributed by atoms with Crippen molar-refractivity contribution in [3.8, 4) is 5.75 Å². The highest BCUT2D eigenvalue weighted by Crippen LogP contribution is 2.17. The molecule has 1 rings (SSSR count). The van der Waals surface area contributed by atoms with Crippen LogP contribution in [0.25, 0.3) is 0 Å². The molecule has 0 saturated carbocycles. The molecule has 0 atom stereocenters. The molecular weight excluding hydrogens is 250 g/mol. The van der Waals surface area contributed by atoms with Crippen LogP contribution >= 0.6 is 0 Å². The molecule has 0 saturated heterocycles. The standard InChI is InChI=1S/C7H6F2O.C6H12O.C2H6/c1-4-6(8)2-5(10)3-7(4)9;1-3-6(4-2)5-7;1-2/h2-3,10H,1H3;5-6H,3-4H2,1-2H3;1-2H3. The molecule has 1 aromatic rings. The SMILES string of the molecule is CC.CCC(C=O)CC.Cc1c(F)cc(O)cc1F. The summed E-state index contributed by atoms with van der Waals surface area (Å²) in [6, 6.07) is 1.75. The van der Waals surface area contributed by atoms with Gasteiger partial charge in [0.2, 0.25) is 0 Å². The topological polar surface area (TPSA) is 37.3 Å². The highest BCUT2D eigenvalue weighted by Gasteiger charge is 2.04. The maximum absolute atomic E-state index is 12.4. The monoisotopic (exact) mass is 274 g/mol. The molecule has 0 heterocycles. The van der Waals surface area contributed by atoms with Crippen molar-refractivity contribution in [2.24, 2.45) is 5.92 Å². The summed E-state index contributed by atoms with van der Waals surface area (Å²) in [4.78, 5) is 9.97. The van der Waals surface area contributed by atoms with Crippen LogP contribution in [0, 0.1) is 24.5 Å². The molecule has 1 N–H and O–H groups in total. The lowest BCUT2D eigenvalue weighted by Gasteiger charge is -1.97. The number of rotatable bonds is 3. The van der Waals surface area contributed by atoms with Gasteiger partial charge in [0.1, 0.15) is 23.7 Å². The third kappa shape index (κ3) is 8.30. The van der Waals surface area contributed by atoms with Crippen molar-refractivity contribution in [1.29, 1.82) is 0 Å². The van der Waals surface area contributed by atoms with Crippen LogP contribution in [-0.2, 0) is 4.79 Å². The van der Waals surface area contributed by atoms with Crippen molar-refractivity contribution in [2.75, 3.05) is 0 Å². The van der Waals surface area contributed by atoms with Gasteiger partial charge in [-0.1, -0.05) is 27.7 Å². The lowest BCUT2D eigenvalue weighted by Crippen LogP contribution is -1.95. The van der Waals surface area contributed by atoms with Gasteiger partial charge >= 0.3 is 0 Å². The maximum atomic E-state index is 12.4. The van der Waals surface area contributed by atoms with Gasteiger partial charge in [-0.05, 0) is 19.8 Å². The summed E-state index contributed by atoms with van der Waals surface area (Å²) in [7, 11) is 0. The van der Waals surface area contributed by atoms with E-state index in [9.17, 15) is 13.6 Å². The maximum Gasteiger partial charge on any atom is 0.132 e. The van der Waals surface area contributed by atoms with Crippen LogP contribution in [0.4, 0.5) is 8.78 Å². The summed E-state index contributed by atoms with van der Waals surface area (Å²) in [5, 5.41) is 8.64. The molecule has 110 valence electrons. The average Bonchev–Trinajstić information content (AvgIpc) is 2.41. The Hall–Kier alpha value is -1.45. The highest BCUT2D eigenvalue weighted by molar-refractivity contribution is 5.52. The van der Waals surface area contributed by atoms with Gasteiger partial charge in [-0.2, -0.15) is 0 Å². The Labute approximate surface area is 114 Å². The normalized spacial score (nSPS) is 9.05. The van der Waals surface area contributed by atoms with Crippen molar-refractivity contribution < 1.29 is 18.7 Å². The second-order valence-electron chi connectivity index (χ2n) is 3.75. The van der Waals surface area contributed by atoms with Crippen LogP contribution in [0.5, 0.6) is 5.75 Å². The molecule has 0 bridgehead atoms. The number of aromatic hydroxyl groups is 1. The number of halogens is 2. The molecular formula is C15H24F2O2. The molecule has 0 radical (unpaired) electrons. The Balaban J connectivity index is 0. The van der Waals surface area contributed by atoms with E-state index in [0.717, 1.165) is 31.3 Å². The Morgan fingerprint density at radius 1 is 1.16 bits per heavy atom. The zero-order valence-electron chi connectivity index (χ0n) is 12.3. The minimum absolute atomic E-state index is 0.0715. The van der Waals surface area contributed by atoms with E-state index in [-0.39, 0.29) is 11.3 Å². The number of hydrogen-bond donors (Lipinski definition) is 1. The van der Waals surface area contributed by atoms with Gasteiger partial charge in [0.25, 0.3) is 0 Å². The minimum atomic E-state index is -0.725. The zero-order chi connectivity index (χ0) is 15.4. The number of aldehydes is 1. The number of phenolic OH excluding ortho intramolecular Hbond substituents is 1. The molecule has 0 aliphatic rings. The Morgan fingerprint density at radius 2 is 1.53 bits per heavy atom. The second kappa shape index (κ2) is 11.6. The number of carbonyl (C=O) groups is 1. The van der Waals surface area contributed by atoms with E-state index in [0.29, 0.717) is 5.92 Å². The fourth-order valence-electron chi connectivity index (χ4n) is 1.11. The van der Waals surface area contributed by atoms with Crippen molar-refractivity contribution >= 4 is 6.29 Å². The minimum Gasteiger partial charge on any atom is -0.508 e. The highest BCUT2D eigenvalue weighted by atomic mass is 19.1. The van der Waals surface area contributed by atoms with Crippen LogP contribution in [0.2, 0.25) is 0 Å². The van der Waals surface area contributed by atoms with Crippen molar-refractivity contribution in [3.05, 3.63) is 29.3 Å². The summed E-state index contributed by atoms with van der Waals surface area (Å²) in [5.41, 5.74) is -0.0715. The smallest absolute Gasteiger partial charge is 0.132 e. The Bertz CT molecular complexity index is 338. The largest absolute Gasteiger partial charge is 0.508 e. The molecule has 0 amide bonds. The fraction of sp³-hybridized carbons (Fsp3) is 0.533. The fourth-order valence-corrected chi connectivity index (χ4v) is 1.11. The van der Waals surface area contributed by atoms with Gasteiger partial charge in [-0.25, -0.2) is 8.78 Å². The van der Waals surface area contributed by atoms with E-state index >= 15 is 0 Å². The summed E-state index contributed by atoms with van der Waals surface area (Å²) in [6.07, 6.45) is 3.00. The molecule has 0 fully saturated rings. The van der Waals surface area contributed by atoms with Crippen molar-refractivity contribution in [3.63, 3.8) is 0 Å². The van der Waals surface area contributed by atoms with Gasteiger partial charge in [-0.3, -0.25) is 0 Å². The molecule has 0 unspecified atom stereocenters. The lowest BCUT2D eigenvalue weighted by atomic mass is 10.1. The molecule has 1 aromatic carbocycles. The van der Waals surface area contributed by atoms with Crippen LogP contribution in [0.3, 0.4) is 0 Å². The number of benzene rings is 1. The molecule has 0 aromatic heterocycles. The first-order valence-electron chi connectivity index (χ1n) is 6.56. The number of hydrogen-bond acceptors (Lipinski definition) is 2. The molecule has 19 heavy (non-hydrogen) atoms. The van der Waals surface area contributed by atoms with E-state index in [1.165, 1.54) is 6.92 Å². The molecule has 0 spiro atoms. The number of carbonyl (C=O) groups excluding carboxylic acids is 1. The molecule has 4 heteroatoms. The second-order valence-corrected chi connectivity index (χ2v) is 3.75. The van der Waals surface area contributed by atoms with Gasteiger partial charge in [-0.15, -0.1) is 0 Å². The van der Waals surface area contributed by atoms with E-state index in [4.69, 9.17) is 5.11 Å². The van der Waals surface area contributed by atoms with Gasteiger partial charge < -0.3 is 9.90 Å². The summed E-state index contributed by atoms with van der Waals surface area (Å²) < 4.78 is 24.9. The lowest BCUT2D eigenvalue weighted by molar-refractivity contribution is -0.111. The van der Waals surface area contributed by atoms with Crippen LogP contribution in [0.1, 0.15) is 46.1 Å². The first kappa shape index (κ1) is 19.9. The molecule has 0 aliphatic carbocycles. The number of phenols is 1. The Kier molecular flexibility index (Phi) is 12.2. The van der Waals surface area contributed by atoms with Crippen LogP contribution in [0.15, 0.2) is 12.1 Å². The molecule has 2 nitrogen and oxygen atoms in total. The van der Waals surface area contributed by atoms with E-state index < -0.39 is 11.6 Å². The average molecular weight is 274 g/mol. The van der Waals surface area contributed by atoms with E-state index in [1.54, 1.807) is 0 Å². The predicted octanol–water partition coefficient (Wildman–Crippen LogP) is 4.63. The van der Waals surface area contributed by atoms with Gasteiger partial charge in [0.15, 0.2) is 0 Å². The van der Waals surface area contributed by atoms with Crippen molar-refractivity contribution in [2.45, 2.75) is 47.5 Å². The third-order valence-corrected chi connectivity index (χ3v) is 2.51. The van der Waals surface area contributed by atoms with Crippen molar-refractivity contribution in [1.82, 2.24) is 0 Å². The summed E-state index contributed by atoms with van der Waals surface area (Å²) >= 11 is 0. The predicted molar refractivity (Wildman–Crippen MR) is 74.2 cm³/mol. The Morgan fingerprint density at radius 3 is 1.74 bits per heavy atom. The van der Waals surface area contributed by atoms with Gasteiger partial charge in [0.05, 0.1) is 0 Å². The van der Waals surface area contributed by atoms with Crippen LogP contribution < -0.4 is 0 Å².